The second-order valence-electron chi connectivity index (χ2n) is 4.72. The monoisotopic (exact) mass is 253 g/mol. The quantitative estimate of drug-likeness (QED) is 0.892. The predicted molar refractivity (Wildman–Crippen MR) is 73.5 cm³/mol. The minimum atomic E-state index is 0.656. The maximum atomic E-state index is 4.52. The van der Waals surface area contributed by atoms with Gasteiger partial charge in [-0.3, -0.25) is 4.90 Å². The van der Waals surface area contributed by atoms with Gasteiger partial charge in [0.1, 0.15) is 5.01 Å². The van der Waals surface area contributed by atoms with Crippen molar-refractivity contribution in [2.45, 2.75) is 45.7 Å². The van der Waals surface area contributed by atoms with Crippen molar-refractivity contribution in [1.82, 2.24) is 15.2 Å². The van der Waals surface area contributed by atoms with E-state index in [0.29, 0.717) is 6.04 Å². The van der Waals surface area contributed by atoms with Gasteiger partial charge in [-0.1, -0.05) is 13.8 Å². The fourth-order valence-electron chi connectivity index (χ4n) is 2.27. The molecule has 1 saturated heterocycles. The highest BCUT2D eigenvalue weighted by Crippen LogP contribution is 2.16. The molecule has 2 heterocycles. The van der Waals surface area contributed by atoms with Gasteiger partial charge in [-0.2, -0.15) is 0 Å². The number of rotatable bonds is 4. The molecule has 0 radical (unpaired) electrons. The van der Waals surface area contributed by atoms with Gasteiger partial charge < -0.3 is 5.32 Å². The van der Waals surface area contributed by atoms with Crippen molar-refractivity contribution in [2.75, 3.05) is 19.6 Å². The van der Waals surface area contributed by atoms with Crippen LogP contribution >= 0.6 is 11.3 Å². The highest BCUT2D eigenvalue weighted by atomic mass is 32.1. The van der Waals surface area contributed by atoms with E-state index in [0.717, 1.165) is 26.1 Å². The molecule has 0 bridgehead atoms. The molecule has 0 amide bonds. The maximum Gasteiger partial charge on any atom is 0.107 e. The number of thiazole rings is 1. The summed E-state index contributed by atoms with van der Waals surface area (Å²) < 4.78 is 0. The number of nitrogens with one attached hydrogen (secondary N) is 1. The van der Waals surface area contributed by atoms with Crippen LogP contribution in [0.1, 0.15) is 36.6 Å². The van der Waals surface area contributed by atoms with Gasteiger partial charge >= 0.3 is 0 Å². The summed E-state index contributed by atoms with van der Waals surface area (Å²) in [5, 5.41) is 4.88. The number of aromatic nitrogens is 1. The minimum Gasteiger partial charge on any atom is -0.313 e. The van der Waals surface area contributed by atoms with Crippen LogP contribution in [0.4, 0.5) is 0 Å². The van der Waals surface area contributed by atoms with Gasteiger partial charge in [0.25, 0.3) is 0 Å². The van der Waals surface area contributed by atoms with E-state index in [-0.39, 0.29) is 0 Å². The molecule has 1 aliphatic rings. The molecule has 0 saturated carbocycles. The molecule has 17 heavy (non-hydrogen) atoms. The molecule has 3 nitrogen and oxygen atoms in total. The third-order valence-corrected chi connectivity index (χ3v) is 4.49. The van der Waals surface area contributed by atoms with Crippen molar-refractivity contribution in [3.8, 4) is 0 Å². The van der Waals surface area contributed by atoms with Crippen LogP contribution in [0, 0.1) is 0 Å². The van der Waals surface area contributed by atoms with Gasteiger partial charge in [-0.05, 0) is 32.4 Å². The van der Waals surface area contributed by atoms with Crippen LogP contribution in [0.15, 0.2) is 6.20 Å². The Balaban J connectivity index is 1.92. The Bertz CT molecular complexity index is 337. The SMILES string of the molecule is CCc1cnc(CN2CCCNC(CC)C2)s1. The molecule has 0 aliphatic carbocycles. The summed E-state index contributed by atoms with van der Waals surface area (Å²) in [4.78, 5) is 8.47. The first-order chi connectivity index (χ1) is 8.31. The van der Waals surface area contributed by atoms with E-state index in [1.807, 2.05) is 17.5 Å². The molecular formula is C13H23N3S. The summed E-state index contributed by atoms with van der Waals surface area (Å²) in [7, 11) is 0. The van der Waals surface area contributed by atoms with Crippen LogP contribution in [-0.4, -0.2) is 35.6 Å². The standard InChI is InChI=1S/C13H23N3S/c1-3-11-9-16(7-5-6-14-11)10-13-15-8-12(4-2)17-13/h8,11,14H,3-7,9-10H2,1-2H3. The van der Waals surface area contributed by atoms with Crippen LogP contribution in [0.25, 0.3) is 0 Å². The van der Waals surface area contributed by atoms with E-state index in [1.54, 1.807) is 0 Å². The zero-order valence-corrected chi connectivity index (χ0v) is 11.7. The van der Waals surface area contributed by atoms with E-state index < -0.39 is 0 Å². The van der Waals surface area contributed by atoms with E-state index in [9.17, 15) is 0 Å². The number of aryl methyl sites for hydroxylation is 1. The lowest BCUT2D eigenvalue weighted by Crippen LogP contribution is -2.36. The van der Waals surface area contributed by atoms with E-state index in [2.05, 4.69) is 29.0 Å². The lowest BCUT2D eigenvalue weighted by molar-refractivity contribution is 0.257. The molecule has 1 aromatic rings. The Morgan fingerprint density at radius 3 is 3.12 bits per heavy atom. The maximum absolute atomic E-state index is 4.52. The van der Waals surface area contributed by atoms with Crippen molar-refractivity contribution in [1.29, 1.82) is 0 Å². The average Bonchev–Trinajstić information content (AvgIpc) is 2.67. The minimum absolute atomic E-state index is 0.656. The second kappa shape index (κ2) is 6.47. The first kappa shape index (κ1) is 13.0. The molecule has 1 aromatic heterocycles. The van der Waals surface area contributed by atoms with Crippen molar-refractivity contribution < 1.29 is 0 Å². The zero-order chi connectivity index (χ0) is 12.1. The smallest absolute Gasteiger partial charge is 0.107 e. The van der Waals surface area contributed by atoms with Crippen LogP contribution < -0.4 is 5.32 Å². The Labute approximate surface area is 108 Å². The molecule has 2 rings (SSSR count). The summed E-state index contributed by atoms with van der Waals surface area (Å²) in [6.07, 6.45) is 5.61. The number of hydrogen-bond donors (Lipinski definition) is 1. The zero-order valence-electron chi connectivity index (χ0n) is 10.9. The summed E-state index contributed by atoms with van der Waals surface area (Å²) >= 11 is 1.87. The summed E-state index contributed by atoms with van der Waals surface area (Å²) in [5.41, 5.74) is 0. The van der Waals surface area contributed by atoms with Gasteiger partial charge in [0, 0.05) is 23.7 Å². The number of nitrogens with zero attached hydrogens (tertiary/aromatic N) is 2. The Kier molecular flexibility index (Phi) is 4.95. The van der Waals surface area contributed by atoms with Crippen LogP contribution in [0.2, 0.25) is 0 Å². The van der Waals surface area contributed by atoms with Crippen LogP contribution in [0.5, 0.6) is 0 Å². The van der Waals surface area contributed by atoms with Gasteiger partial charge in [0.15, 0.2) is 0 Å². The van der Waals surface area contributed by atoms with Crippen molar-refractivity contribution in [2.24, 2.45) is 0 Å². The van der Waals surface area contributed by atoms with Crippen molar-refractivity contribution in [3.05, 3.63) is 16.1 Å². The molecule has 1 aliphatic heterocycles. The van der Waals surface area contributed by atoms with E-state index >= 15 is 0 Å². The van der Waals surface area contributed by atoms with Gasteiger partial charge in [0.2, 0.25) is 0 Å². The molecular weight excluding hydrogens is 230 g/mol. The summed E-state index contributed by atoms with van der Waals surface area (Å²) in [5.74, 6) is 0. The van der Waals surface area contributed by atoms with Crippen molar-refractivity contribution >= 4 is 11.3 Å². The fraction of sp³-hybridized carbons (Fsp3) is 0.769. The Morgan fingerprint density at radius 2 is 2.41 bits per heavy atom. The van der Waals surface area contributed by atoms with Gasteiger partial charge in [-0.15, -0.1) is 11.3 Å². The highest BCUT2D eigenvalue weighted by molar-refractivity contribution is 7.11. The molecule has 1 fully saturated rings. The normalized spacial score (nSPS) is 22.6. The molecule has 0 spiro atoms. The molecule has 0 aromatic carbocycles. The van der Waals surface area contributed by atoms with Gasteiger partial charge in [-0.25, -0.2) is 4.98 Å². The van der Waals surface area contributed by atoms with E-state index in [1.165, 1.54) is 29.3 Å². The Morgan fingerprint density at radius 1 is 1.53 bits per heavy atom. The lowest BCUT2D eigenvalue weighted by atomic mass is 10.2. The lowest BCUT2D eigenvalue weighted by Gasteiger charge is -2.22. The average molecular weight is 253 g/mol. The molecule has 1 N–H and O–H groups in total. The summed E-state index contributed by atoms with van der Waals surface area (Å²) in [6.45, 7) is 9.01. The number of hydrogen-bond acceptors (Lipinski definition) is 4. The molecule has 96 valence electrons. The summed E-state index contributed by atoms with van der Waals surface area (Å²) in [6, 6.07) is 0.656. The third kappa shape index (κ3) is 3.76. The third-order valence-electron chi connectivity index (χ3n) is 3.36. The molecule has 1 unspecified atom stereocenters. The Hall–Kier alpha value is -0.450. The topological polar surface area (TPSA) is 28.2 Å². The highest BCUT2D eigenvalue weighted by Gasteiger charge is 2.17. The van der Waals surface area contributed by atoms with Crippen LogP contribution in [-0.2, 0) is 13.0 Å². The second-order valence-corrected chi connectivity index (χ2v) is 5.92. The fourth-order valence-corrected chi connectivity index (χ4v) is 3.17. The van der Waals surface area contributed by atoms with Gasteiger partial charge in [0.05, 0.1) is 6.54 Å². The first-order valence-electron chi connectivity index (χ1n) is 6.71. The molecule has 1 atom stereocenters. The largest absolute Gasteiger partial charge is 0.313 e. The van der Waals surface area contributed by atoms with Crippen molar-refractivity contribution in [3.63, 3.8) is 0 Å². The predicted octanol–water partition coefficient (Wildman–Crippen LogP) is 2.28. The molecule has 4 heteroatoms. The first-order valence-corrected chi connectivity index (χ1v) is 7.52. The van der Waals surface area contributed by atoms with E-state index in [4.69, 9.17) is 0 Å². The van der Waals surface area contributed by atoms with Crippen LogP contribution in [0.3, 0.4) is 0 Å².